The average molecular weight is 292 g/mol. The van der Waals surface area contributed by atoms with Crippen LogP contribution in [0.5, 0.6) is 0 Å². The van der Waals surface area contributed by atoms with Crippen molar-refractivity contribution < 1.29 is 0 Å². The van der Waals surface area contributed by atoms with Gasteiger partial charge in [-0.2, -0.15) is 5.10 Å². The molecule has 0 bridgehead atoms. The van der Waals surface area contributed by atoms with Gasteiger partial charge in [-0.3, -0.25) is 9.48 Å². The Morgan fingerprint density at radius 1 is 1.14 bits per heavy atom. The summed E-state index contributed by atoms with van der Waals surface area (Å²) in [5.41, 5.74) is 3.39. The molecule has 0 radical (unpaired) electrons. The number of H-pyrrole nitrogens is 2. The van der Waals surface area contributed by atoms with Crippen LogP contribution in [0.2, 0.25) is 0 Å². The molecule has 0 aliphatic heterocycles. The maximum atomic E-state index is 11.8. The lowest BCUT2D eigenvalue weighted by molar-refractivity contribution is 0.776. The molecule has 7 heteroatoms. The van der Waals surface area contributed by atoms with Crippen LogP contribution in [0.1, 0.15) is 0 Å². The van der Waals surface area contributed by atoms with E-state index >= 15 is 0 Å². The SMILES string of the molecule is Cn1nccc1-c1ccccc1-c1nc2nc[nH]c(=O)c2[nH]1. The minimum absolute atomic E-state index is 0.234. The van der Waals surface area contributed by atoms with Gasteiger partial charge in [-0.05, 0) is 6.07 Å². The van der Waals surface area contributed by atoms with Gasteiger partial charge >= 0.3 is 0 Å². The van der Waals surface area contributed by atoms with Crippen LogP contribution in [-0.2, 0) is 7.05 Å². The van der Waals surface area contributed by atoms with Gasteiger partial charge in [0.15, 0.2) is 11.2 Å². The van der Waals surface area contributed by atoms with E-state index in [1.54, 1.807) is 10.9 Å². The second-order valence-electron chi connectivity index (χ2n) is 4.90. The Hall–Kier alpha value is -3.22. The molecule has 0 unspecified atom stereocenters. The quantitative estimate of drug-likeness (QED) is 0.588. The second-order valence-corrected chi connectivity index (χ2v) is 4.90. The molecule has 0 spiro atoms. The fourth-order valence-corrected chi connectivity index (χ4v) is 2.52. The molecule has 0 amide bonds. The highest BCUT2D eigenvalue weighted by Crippen LogP contribution is 2.30. The summed E-state index contributed by atoms with van der Waals surface area (Å²) >= 11 is 0. The molecular weight excluding hydrogens is 280 g/mol. The van der Waals surface area contributed by atoms with Crippen LogP contribution in [0.15, 0.2) is 47.7 Å². The first kappa shape index (κ1) is 12.5. The Kier molecular flexibility index (Phi) is 2.65. The summed E-state index contributed by atoms with van der Waals surface area (Å²) in [5, 5.41) is 4.20. The Labute approximate surface area is 124 Å². The maximum absolute atomic E-state index is 11.8. The van der Waals surface area contributed by atoms with Gasteiger partial charge in [0.25, 0.3) is 5.56 Å². The number of rotatable bonds is 2. The zero-order valence-electron chi connectivity index (χ0n) is 11.7. The van der Waals surface area contributed by atoms with Crippen molar-refractivity contribution >= 4 is 11.2 Å². The Morgan fingerprint density at radius 3 is 2.68 bits per heavy atom. The number of hydrogen-bond acceptors (Lipinski definition) is 4. The second kappa shape index (κ2) is 4.66. The van der Waals surface area contributed by atoms with Crippen molar-refractivity contribution in [1.82, 2.24) is 29.7 Å². The zero-order chi connectivity index (χ0) is 15.1. The van der Waals surface area contributed by atoms with Crippen LogP contribution in [-0.4, -0.2) is 29.7 Å². The predicted octanol–water partition coefficient (Wildman–Crippen LogP) is 1.71. The van der Waals surface area contributed by atoms with Gasteiger partial charge in [0.2, 0.25) is 0 Å². The molecule has 7 nitrogen and oxygen atoms in total. The van der Waals surface area contributed by atoms with Gasteiger partial charge in [-0.25, -0.2) is 9.97 Å². The van der Waals surface area contributed by atoms with Crippen LogP contribution in [0, 0.1) is 0 Å². The fraction of sp³-hybridized carbons (Fsp3) is 0.0667. The molecule has 4 aromatic rings. The Bertz CT molecular complexity index is 1030. The monoisotopic (exact) mass is 292 g/mol. The van der Waals surface area contributed by atoms with Crippen LogP contribution in [0.4, 0.5) is 0 Å². The molecule has 108 valence electrons. The van der Waals surface area contributed by atoms with Gasteiger partial charge in [-0.15, -0.1) is 0 Å². The van der Waals surface area contributed by atoms with Gasteiger partial charge < -0.3 is 9.97 Å². The predicted molar refractivity (Wildman–Crippen MR) is 82.1 cm³/mol. The van der Waals surface area contributed by atoms with Crippen molar-refractivity contribution in [3.63, 3.8) is 0 Å². The van der Waals surface area contributed by atoms with Gasteiger partial charge in [-0.1, -0.05) is 24.3 Å². The largest absolute Gasteiger partial charge is 0.332 e. The average Bonchev–Trinajstić information content (AvgIpc) is 3.14. The lowest BCUT2D eigenvalue weighted by Gasteiger charge is -2.07. The van der Waals surface area contributed by atoms with E-state index in [0.29, 0.717) is 17.0 Å². The third kappa shape index (κ3) is 1.83. The van der Waals surface area contributed by atoms with E-state index in [4.69, 9.17) is 0 Å². The molecule has 0 atom stereocenters. The minimum atomic E-state index is -0.234. The Morgan fingerprint density at radius 2 is 1.95 bits per heavy atom. The van der Waals surface area contributed by atoms with Crippen molar-refractivity contribution in [2.75, 3.05) is 0 Å². The highest BCUT2D eigenvalue weighted by atomic mass is 16.1. The molecule has 0 fully saturated rings. The van der Waals surface area contributed by atoms with Crippen LogP contribution >= 0.6 is 0 Å². The number of aryl methyl sites for hydroxylation is 1. The van der Waals surface area contributed by atoms with E-state index in [1.807, 2.05) is 37.4 Å². The number of hydrogen-bond donors (Lipinski definition) is 2. The molecule has 0 saturated heterocycles. The lowest BCUT2D eigenvalue weighted by atomic mass is 10.0. The summed E-state index contributed by atoms with van der Waals surface area (Å²) in [4.78, 5) is 25.9. The highest BCUT2D eigenvalue weighted by molar-refractivity contribution is 5.83. The molecule has 0 saturated carbocycles. The van der Waals surface area contributed by atoms with E-state index in [1.165, 1.54) is 6.33 Å². The molecule has 1 aromatic carbocycles. The van der Waals surface area contributed by atoms with E-state index in [2.05, 4.69) is 25.0 Å². The van der Waals surface area contributed by atoms with Crippen molar-refractivity contribution in [2.24, 2.45) is 7.05 Å². The zero-order valence-corrected chi connectivity index (χ0v) is 11.7. The van der Waals surface area contributed by atoms with E-state index in [9.17, 15) is 4.79 Å². The van der Waals surface area contributed by atoms with E-state index in [-0.39, 0.29) is 5.56 Å². The minimum Gasteiger partial charge on any atom is -0.332 e. The van der Waals surface area contributed by atoms with Crippen molar-refractivity contribution in [2.45, 2.75) is 0 Å². The summed E-state index contributed by atoms with van der Waals surface area (Å²) in [7, 11) is 1.89. The van der Waals surface area contributed by atoms with Gasteiger partial charge in [0, 0.05) is 24.4 Å². The number of nitrogens with zero attached hydrogens (tertiary/aromatic N) is 4. The smallest absolute Gasteiger partial charge is 0.276 e. The summed E-state index contributed by atoms with van der Waals surface area (Å²) in [6.45, 7) is 0. The van der Waals surface area contributed by atoms with Gasteiger partial charge in [0.1, 0.15) is 5.82 Å². The third-order valence-corrected chi connectivity index (χ3v) is 3.57. The first-order chi connectivity index (χ1) is 10.7. The molecule has 3 heterocycles. The van der Waals surface area contributed by atoms with Crippen molar-refractivity contribution in [1.29, 1.82) is 0 Å². The van der Waals surface area contributed by atoms with Crippen LogP contribution < -0.4 is 5.56 Å². The third-order valence-electron chi connectivity index (χ3n) is 3.57. The van der Waals surface area contributed by atoms with Gasteiger partial charge in [0.05, 0.1) is 12.0 Å². The standard InChI is InChI=1S/C15H12N6O/c1-21-11(6-7-18-21)9-4-2-3-5-10(9)13-19-12-14(20-13)16-8-17-15(12)22/h2-8H,1H3,(H2,16,17,19,20,22). The highest BCUT2D eigenvalue weighted by Gasteiger charge is 2.14. The first-order valence-electron chi connectivity index (χ1n) is 6.75. The van der Waals surface area contributed by atoms with E-state index in [0.717, 1.165) is 16.8 Å². The van der Waals surface area contributed by atoms with Crippen LogP contribution in [0.3, 0.4) is 0 Å². The number of nitrogens with one attached hydrogen (secondary N) is 2. The topological polar surface area (TPSA) is 92.2 Å². The summed E-state index contributed by atoms with van der Waals surface area (Å²) in [6, 6.07) is 9.78. The summed E-state index contributed by atoms with van der Waals surface area (Å²) < 4.78 is 1.80. The number of benzene rings is 1. The molecule has 0 aliphatic rings. The number of aromatic amines is 2. The van der Waals surface area contributed by atoms with Crippen molar-refractivity contribution in [3.05, 3.63) is 53.2 Å². The fourth-order valence-electron chi connectivity index (χ4n) is 2.52. The first-order valence-corrected chi connectivity index (χ1v) is 6.75. The Balaban J connectivity index is 1.98. The molecular formula is C15H12N6O. The molecule has 0 aliphatic carbocycles. The van der Waals surface area contributed by atoms with E-state index < -0.39 is 0 Å². The molecule has 22 heavy (non-hydrogen) atoms. The van der Waals surface area contributed by atoms with Crippen molar-refractivity contribution in [3.8, 4) is 22.6 Å². The lowest BCUT2D eigenvalue weighted by Crippen LogP contribution is -2.05. The number of aromatic nitrogens is 6. The molecule has 2 N–H and O–H groups in total. The maximum Gasteiger partial charge on any atom is 0.276 e. The normalized spacial score (nSPS) is 11.1. The van der Waals surface area contributed by atoms with Crippen LogP contribution in [0.25, 0.3) is 33.8 Å². The molecule has 4 rings (SSSR count). The molecule has 3 aromatic heterocycles. The summed E-state index contributed by atoms with van der Waals surface area (Å²) in [5.74, 6) is 0.607. The summed E-state index contributed by atoms with van der Waals surface area (Å²) in [6.07, 6.45) is 3.10. The number of fused-ring (bicyclic) bond motifs is 1. The number of imidazole rings is 1.